The molecule has 2 aliphatic heterocycles. The molecule has 2 atom stereocenters. The summed E-state index contributed by atoms with van der Waals surface area (Å²) in [7, 11) is -3.37. The third-order valence-electron chi connectivity index (χ3n) is 4.40. The summed E-state index contributed by atoms with van der Waals surface area (Å²) in [5.41, 5.74) is 2.00. The Hall–Kier alpha value is -1.07. The lowest BCUT2D eigenvalue weighted by Gasteiger charge is -2.34. The van der Waals surface area contributed by atoms with E-state index in [2.05, 4.69) is 13.8 Å². The molecular weight excluding hydrogens is 272 g/mol. The van der Waals surface area contributed by atoms with Gasteiger partial charge in [-0.1, -0.05) is 32.0 Å². The molecule has 0 aromatic heterocycles. The zero-order valence-electron chi connectivity index (χ0n) is 12.1. The lowest BCUT2D eigenvalue weighted by Crippen LogP contribution is -2.47. The van der Waals surface area contributed by atoms with Gasteiger partial charge in [0.2, 0.25) is 0 Å². The molecule has 2 aliphatic rings. The summed E-state index contributed by atoms with van der Waals surface area (Å²) >= 11 is 0. The van der Waals surface area contributed by atoms with Gasteiger partial charge in [-0.2, -0.15) is 12.7 Å². The van der Waals surface area contributed by atoms with Gasteiger partial charge in [0.05, 0.1) is 5.69 Å². The van der Waals surface area contributed by atoms with E-state index in [0.29, 0.717) is 25.6 Å². The van der Waals surface area contributed by atoms with Crippen molar-refractivity contribution in [1.29, 1.82) is 0 Å². The fourth-order valence-corrected chi connectivity index (χ4v) is 5.20. The first-order valence-corrected chi connectivity index (χ1v) is 8.76. The average molecular weight is 294 g/mol. The fraction of sp³-hybridized carbons (Fsp3) is 0.600. The maximum atomic E-state index is 12.9. The number of fused-ring (bicyclic) bond motifs is 1. The first kappa shape index (κ1) is 13.9. The molecule has 0 N–H and O–H groups in total. The van der Waals surface area contributed by atoms with Gasteiger partial charge in [0.15, 0.2) is 0 Å². The van der Waals surface area contributed by atoms with Crippen LogP contribution >= 0.6 is 0 Å². The minimum absolute atomic E-state index is 0.267. The van der Waals surface area contributed by atoms with Crippen LogP contribution in [-0.4, -0.2) is 32.4 Å². The SMILES string of the molecule is CC1CCCN(S(=O)(=O)N2CC(C)c3ccccc32)C1. The summed E-state index contributed by atoms with van der Waals surface area (Å²) in [4.78, 5) is 0. The van der Waals surface area contributed by atoms with Crippen molar-refractivity contribution >= 4 is 15.9 Å². The zero-order valence-corrected chi connectivity index (χ0v) is 12.9. The van der Waals surface area contributed by atoms with Crippen LogP contribution in [-0.2, 0) is 10.2 Å². The number of piperidine rings is 1. The number of nitrogens with zero attached hydrogens (tertiary/aromatic N) is 2. The number of benzene rings is 1. The Morgan fingerprint density at radius 1 is 1.15 bits per heavy atom. The second-order valence-electron chi connectivity index (χ2n) is 6.10. The summed E-state index contributed by atoms with van der Waals surface area (Å²) in [5.74, 6) is 0.719. The minimum Gasteiger partial charge on any atom is -0.257 e. The Morgan fingerprint density at radius 3 is 2.65 bits per heavy atom. The highest BCUT2D eigenvalue weighted by Gasteiger charge is 2.38. The molecule has 2 unspecified atom stereocenters. The maximum Gasteiger partial charge on any atom is 0.304 e. The molecule has 0 saturated carbocycles. The molecule has 0 bridgehead atoms. The quantitative estimate of drug-likeness (QED) is 0.841. The van der Waals surface area contributed by atoms with Crippen LogP contribution in [0.25, 0.3) is 0 Å². The predicted molar refractivity (Wildman–Crippen MR) is 81.1 cm³/mol. The molecule has 1 aromatic carbocycles. The van der Waals surface area contributed by atoms with Crippen molar-refractivity contribution in [2.45, 2.75) is 32.6 Å². The van der Waals surface area contributed by atoms with Gasteiger partial charge in [0.1, 0.15) is 0 Å². The van der Waals surface area contributed by atoms with Crippen molar-refractivity contribution in [3.8, 4) is 0 Å². The van der Waals surface area contributed by atoms with Crippen LogP contribution < -0.4 is 4.31 Å². The molecule has 1 fully saturated rings. The van der Waals surface area contributed by atoms with E-state index in [1.807, 2.05) is 24.3 Å². The highest BCUT2D eigenvalue weighted by Crippen LogP contribution is 2.38. The van der Waals surface area contributed by atoms with Crippen molar-refractivity contribution in [2.75, 3.05) is 23.9 Å². The van der Waals surface area contributed by atoms with Gasteiger partial charge in [0, 0.05) is 25.6 Å². The molecule has 0 aliphatic carbocycles. The maximum absolute atomic E-state index is 12.9. The third kappa shape index (κ3) is 2.23. The van der Waals surface area contributed by atoms with Gasteiger partial charge in [0.25, 0.3) is 0 Å². The second-order valence-corrected chi connectivity index (χ2v) is 7.96. The van der Waals surface area contributed by atoms with Crippen molar-refractivity contribution in [3.05, 3.63) is 29.8 Å². The van der Waals surface area contributed by atoms with Crippen molar-refractivity contribution < 1.29 is 8.42 Å². The Labute approximate surface area is 121 Å². The van der Waals surface area contributed by atoms with Crippen LogP contribution in [0.5, 0.6) is 0 Å². The Kier molecular flexibility index (Phi) is 3.50. The predicted octanol–water partition coefficient (Wildman–Crippen LogP) is 2.59. The molecular formula is C15H22N2O2S. The van der Waals surface area contributed by atoms with E-state index in [9.17, 15) is 8.42 Å². The number of hydrogen-bond acceptors (Lipinski definition) is 2. The molecule has 1 aromatic rings. The summed E-state index contributed by atoms with van der Waals surface area (Å²) in [5, 5.41) is 0. The van der Waals surface area contributed by atoms with E-state index in [-0.39, 0.29) is 5.92 Å². The summed E-state index contributed by atoms with van der Waals surface area (Å²) in [6.45, 7) is 6.08. The topological polar surface area (TPSA) is 40.6 Å². The minimum atomic E-state index is -3.37. The first-order valence-electron chi connectivity index (χ1n) is 7.37. The van der Waals surface area contributed by atoms with Crippen LogP contribution in [0, 0.1) is 5.92 Å². The van der Waals surface area contributed by atoms with E-state index in [1.165, 1.54) is 0 Å². The zero-order chi connectivity index (χ0) is 14.3. The van der Waals surface area contributed by atoms with Crippen LogP contribution in [0.4, 0.5) is 5.69 Å². The Morgan fingerprint density at radius 2 is 1.90 bits per heavy atom. The van der Waals surface area contributed by atoms with Crippen molar-refractivity contribution in [1.82, 2.24) is 4.31 Å². The number of hydrogen-bond donors (Lipinski definition) is 0. The summed E-state index contributed by atoms with van der Waals surface area (Å²) < 4.78 is 29.1. The molecule has 0 spiro atoms. The van der Waals surface area contributed by atoms with Gasteiger partial charge >= 0.3 is 10.2 Å². The van der Waals surface area contributed by atoms with Gasteiger partial charge in [-0.25, -0.2) is 0 Å². The van der Waals surface area contributed by atoms with E-state index in [1.54, 1.807) is 8.61 Å². The van der Waals surface area contributed by atoms with Gasteiger partial charge in [-0.05, 0) is 30.4 Å². The lowest BCUT2D eigenvalue weighted by atomic mass is 10.0. The second kappa shape index (κ2) is 5.04. The van der Waals surface area contributed by atoms with Crippen LogP contribution in [0.2, 0.25) is 0 Å². The van der Waals surface area contributed by atoms with Crippen LogP contribution in [0.1, 0.15) is 38.2 Å². The molecule has 110 valence electrons. The molecule has 0 amide bonds. The summed E-state index contributed by atoms with van der Waals surface area (Å²) in [6, 6.07) is 7.85. The van der Waals surface area contributed by atoms with E-state index in [0.717, 1.165) is 24.1 Å². The van der Waals surface area contributed by atoms with Crippen LogP contribution in [0.15, 0.2) is 24.3 Å². The van der Waals surface area contributed by atoms with Crippen molar-refractivity contribution in [3.63, 3.8) is 0 Å². The van der Waals surface area contributed by atoms with Crippen LogP contribution in [0.3, 0.4) is 0 Å². The lowest BCUT2D eigenvalue weighted by molar-refractivity contribution is 0.280. The van der Waals surface area contributed by atoms with Gasteiger partial charge in [-0.15, -0.1) is 0 Å². The highest BCUT2D eigenvalue weighted by atomic mass is 32.2. The standard InChI is InChI=1S/C15H22N2O2S/c1-12-6-5-9-16(10-12)20(18,19)17-11-13(2)14-7-3-4-8-15(14)17/h3-4,7-8,12-13H,5-6,9-11H2,1-2H3. The molecule has 1 saturated heterocycles. The molecule has 4 nitrogen and oxygen atoms in total. The van der Waals surface area contributed by atoms with Gasteiger partial charge in [-0.3, -0.25) is 4.31 Å². The van der Waals surface area contributed by atoms with E-state index >= 15 is 0 Å². The first-order chi connectivity index (χ1) is 9.50. The third-order valence-corrected chi connectivity index (χ3v) is 6.29. The largest absolute Gasteiger partial charge is 0.304 e. The molecule has 20 heavy (non-hydrogen) atoms. The Bertz CT molecular complexity index is 600. The number of anilines is 1. The molecule has 5 heteroatoms. The smallest absolute Gasteiger partial charge is 0.257 e. The van der Waals surface area contributed by atoms with E-state index < -0.39 is 10.2 Å². The highest BCUT2D eigenvalue weighted by molar-refractivity contribution is 7.90. The van der Waals surface area contributed by atoms with Crippen molar-refractivity contribution in [2.24, 2.45) is 5.92 Å². The molecule has 0 radical (unpaired) electrons. The monoisotopic (exact) mass is 294 g/mol. The number of rotatable bonds is 2. The molecule has 3 rings (SSSR count). The Balaban J connectivity index is 1.93. The fourth-order valence-electron chi connectivity index (χ4n) is 3.29. The summed E-state index contributed by atoms with van der Waals surface area (Å²) in [6.07, 6.45) is 2.09. The average Bonchev–Trinajstić information content (AvgIpc) is 2.78. The number of para-hydroxylation sites is 1. The van der Waals surface area contributed by atoms with Gasteiger partial charge < -0.3 is 0 Å². The van der Waals surface area contributed by atoms with E-state index in [4.69, 9.17) is 0 Å². The molecule has 2 heterocycles. The normalized spacial score (nSPS) is 27.6.